The molecular formula is C16H20FNO4. The third-order valence-corrected chi connectivity index (χ3v) is 3.92. The molecule has 1 aromatic rings. The van der Waals surface area contributed by atoms with Crippen LogP contribution in [0, 0.1) is 11.7 Å². The Labute approximate surface area is 128 Å². The van der Waals surface area contributed by atoms with Crippen LogP contribution in [0.5, 0.6) is 0 Å². The van der Waals surface area contributed by atoms with Crippen molar-refractivity contribution in [3.63, 3.8) is 0 Å². The summed E-state index contributed by atoms with van der Waals surface area (Å²) in [6.45, 7) is 2.49. The lowest BCUT2D eigenvalue weighted by atomic mass is 9.89. The molecule has 0 unspecified atom stereocenters. The molecule has 1 aliphatic heterocycles. The largest absolute Gasteiger partial charge is 0.481 e. The van der Waals surface area contributed by atoms with Gasteiger partial charge in [-0.25, -0.2) is 9.18 Å². The first kappa shape index (κ1) is 16.3. The number of rotatable bonds is 5. The van der Waals surface area contributed by atoms with E-state index in [1.807, 2.05) is 6.92 Å². The number of halogens is 1. The third-order valence-electron chi connectivity index (χ3n) is 3.92. The molecular weight excluding hydrogens is 289 g/mol. The van der Waals surface area contributed by atoms with Crippen LogP contribution in [0.4, 0.5) is 9.18 Å². The molecule has 0 bridgehead atoms. The van der Waals surface area contributed by atoms with Gasteiger partial charge in [-0.1, -0.05) is 31.5 Å². The molecule has 1 fully saturated rings. The van der Waals surface area contributed by atoms with E-state index in [0.29, 0.717) is 12.2 Å². The molecule has 1 aromatic carbocycles. The van der Waals surface area contributed by atoms with E-state index in [0.717, 1.165) is 12.8 Å². The minimum Gasteiger partial charge on any atom is -0.481 e. The molecule has 22 heavy (non-hydrogen) atoms. The van der Waals surface area contributed by atoms with Gasteiger partial charge in [0.15, 0.2) is 0 Å². The number of hydrogen-bond donors (Lipinski definition) is 1. The van der Waals surface area contributed by atoms with E-state index < -0.39 is 29.7 Å². The number of carboxylic acid groups (broad SMARTS) is 1. The monoisotopic (exact) mass is 309 g/mol. The SMILES string of the molecule is CCCCOC(=O)N1C[C@@H](C(=O)O)[C@H](c2ccccc2F)C1. The van der Waals surface area contributed by atoms with Gasteiger partial charge in [0.2, 0.25) is 0 Å². The Balaban J connectivity index is 2.12. The topological polar surface area (TPSA) is 66.8 Å². The van der Waals surface area contributed by atoms with Gasteiger partial charge in [0, 0.05) is 19.0 Å². The average molecular weight is 309 g/mol. The van der Waals surface area contributed by atoms with Gasteiger partial charge in [0.05, 0.1) is 12.5 Å². The van der Waals surface area contributed by atoms with Crippen LogP contribution in [0.3, 0.4) is 0 Å². The summed E-state index contributed by atoms with van der Waals surface area (Å²) >= 11 is 0. The van der Waals surface area contributed by atoms with Crippen molar-refractivity contribution in [3.8, 4) is 0 Å². The standard InChI is InChI=1S/C16H20FNO4/c1-2-3-8-22-16(21)18-9-12(13(10-18)15(19)20)11-6-4-5-7-14(11)17/h4-7,12-13H,2-3,8-10H2,1H3,(H,19,20)/t12-,13+/m0/s1. The van der Waals surface area contributed by atoms with Gasteiger partial charge in [0.25, 0.3) is 0 Å². The lowest BCUT2D eigenvalue weighted by Crippen LogP contribution is -2.30. The Morgan fingerprint density at radius 3 is 2.73 bits per heavy atom. The zero-order valence-electron chi connectivity index (χ0n) is 12.5. The van der Waals surface area contributed by atoms with E-state index in [1.54, 1.807) is 18.2 Å². The summed E-state index contributed by atoms with van der Waals surface area (Å²) in [6, 6.07) is 6.10. The molecule has 6 heteroatoms. The van der Waals surface area contributed by atoms with Gasteiger partial charge < -0.3 is 14.7 Å². The molecule has 5 nitrogen and oxygen atoms in total. The number of hydrogen-bond acceptors (Lipinski definition) is 3. The number of carbonyl (C=O) groups is 2. The zero-order chi connectivity index (χ0) is 16.1. The van der Waals surface area contributed by atoms with Crippen molar-refractivity contribution < 1.29 is 23.8 Å². The van der Waals surface area contributed by atoms with Crippen LogP contribution in [-0.4, -0.2) is 41.8 Å². The van der Waals surface area contributed by atoms with E-state index in [1.165, 1.54) is 11.0 Å². The summed E-state index contributed by atoms with van der Waals surface area (Å²) in [5, 5.41) is 9.35. The summed E-state index contributed by atoms with van der Waals surface area (Å²) in [5.41, 5.74) is 0.332. The summed E-state index contributed by atoms with van der Waals surface area (Å²) in [5.74, 6) is -2.86. The van der Waals surface area contributed by atoms with Gasteiger partial charge >= 0.3 is 12.1 Å². The van der Waals surface area contributed by atoms with Crippen molar-refractivity contribution in [1.82, 2.24) is 4.90 Å². The van der Waals surface area contributed by atoms with Crippen molar-refractivity contribution in [3.05, 3.63) is 35.6 Å². The number of carboxylic acids is 1. The second-order valence-electron chi connectivity index (χ2n) is 5.45. The summed E-state index contributed by atoms with van der Waals surface area (Å²) < 4.78 is 19.0. The molecule has 1 heterocycles. The molecule has 0 spiro atoms. The lowest BCUT2D eigenvalue weighted by Gasteiger charge is -2.16. The number of likely N-dealkylation sites (tertiary alicyclic amines) is 1. The van der Waals surface area contributed by atoms with E-state index in [2.05, 4.69) is 0 Å². The number of amides is 1. The van der Waals surface area contributed by atoms with Gasteiger partial charge in [-0.2, -0.15) is 0 Å². The van der Waals surface area contributed by atoms with Gasteiger partial charge in [0.1, 0.15) is 5.82 Å². The second-order valence-corrected chi connectivity index (χ2v) is 5.45. The van der Waals surface area contributed by atoms with Crippen LogP contribution < -0.4 is 0 Å². The van der Waals surface area contributed by atoms with Crippen LogP contribution >= 0.6 is 0 Å². The highest BCUT2D eigenvalue weighted by Crippen LogP contribution is 2.34. The van der Waals surface area contributed by atoms with E-state index in [4.69, 9.17) is 4.74 Å². The van der Waals surface area contributed by atoms with E-state index >= 15 is 0 Å². The first-order valence-electron chi connectivity index (χ1n) is 7.43. The number of aliphatic carboxylic acids is 1. The summed E-state index contributed by atoms with van der Waals surface area (Å²) in [6.07, 6.45) is 1.14. The molecule has 2 atom stereocenters. The molecule has 1 saturated heterocycles. The molecule has 0 saturated carbocycles. The van der Waals surface area contributed by atoms with Crippen LogP contribution in [-0.2, 0) is 9.53 Å². The van der Waals surface area contributed by atoms with Gasteiger partial charge in [-0.15, -0.1) is 0 Å². The van der Waals surface area contributed by atoms with Crippen LogP contribution in [0.1, 0.15) is 31.2 Å². The number of ether oxygens (including phenoxy) is 1. The van der Waals surface area contributed by atoms with Crippen LogP contribution in [0.2, 0.25) is 0 Å². The molecule has 1 amide bonds. The normalized spacial score (nSPS) is 20.9. The zero-order valence-corrected chi connectivity index (χ0v) is 12.5. The summed E-state index contributed by atoms with van der Waals surface area (Å²) in [4.78, 5) is 24.7. The Morgan fingerprint density at radius 1 is 1.36 bits per heavy atom. The average Bonchev–Trinajstić information content (AvgIpc) is 2.93. The highest BCUT2D eigenvalue weighted by molar-refractivity contribution is 5.75. The van der Waals surface area contributed by atoms with Crippen molar-refractivity contribution in [1.29, 1.82) is 0 Å². The number of unbranched alkanes of at least 4 members (excludes halogenated alkanes) is 1. The lowest BCUT2D eigenvalue weighted by molar-refractivity contribution is -0.141. The fourth-order valence-electron chi connectivity index (χ4n) is 2.69. The molecule has 0 aromatic heterocycles. The van der Waals surface area contributed by atoms with Gasteiger partial charge in [-0.05, 0) is 18.1 Å². The maximum absolute atomic E-state index is 13.9. The maximum Gasteiger partial charge on any atom is 0.409 e. The molecule has 1 aliphatic rings. The first-order chi connectivity index (χ1) is 10.5. The fraction of sp³-hybridized carbons (Fsp3) is 0.500. The molecule has 1 N–H and O–H groups in total. The first-order valence-corrected chi connectivity index (χ1v) is 7.43. The summed E-state index contributed by atoms with van der Waals surface area (Å²) in [7, 11) is 0. The minimum absolute atomic E-state index is 0.0410. The van der Waals surface area contributed by atoms with Crippen molar-refractivity contribution in [2.75, 3.05) is 19.7 Å². The highest BCUT2D eigenvalue weighted by Gasteiger charge is 2.42. The third kappa shape index (κ3) is 3.55. The van der Waals surface area contributed by atoms with Gasteiger partial charge in [-0.3, -0.25) is 4.79 Å². The Hall–Kier alpha value is -2.11. The number of benzene rings is 1. The van der Waals surface area contributed by atoms with Crippen molar-refractivity contribution in [2.45, 2.75) is 25.7 Å². The Bertz CT molecular complexity index is 549. The van der Waals surface area contributed by atoms with Crippen LogP contribution in [0.25, 0.3) is 0 Å². The number of nitrogens with zero attached hydrogens (tertiary/aromatic N) is 1. The Kier molecular flexibility index (Phi) is 5.35. The smallest absolute Gasteiger partial charge is 0.409 e. The quantitative estimate of drug-likeness (QED) is 0.849. The predicted molar refractivity (Wildman–Crippen MR) is 78.1 cm³/mol. The molecule has 0 radical (unpaired) electrons. The highest BCUT2D eigenvalue weighted by atomic mass is 19.1. The van der Waals surface area contributed by atoms with Crippen molar-refractivity contribution in [2.24, 2.45) is 5.92 Å². The fourth-order valence-corrected chi connectivity index (χ4v) is 2.69. The maximum atomic E-state index is 13.9. The second kappa shape index (κ2) is 7.24. The van der Waals surface area contributed by atoms with Crippen LogP contribution in [0.15, 0.2) is 24.3 Å². The predicted octanol–water partition coefficient (Wildman–Crippen LogP) is 2.86. The molecule has 2 rings (SSSR count). The van der Waals surface area contributed by atoms with E-state index in [9.17, 15) is 19.1 Å². The molecule has 120 valence electrons. The van der Waals surface area contributed by atoms with Crippen molar-refractivity contribution >= 4 is 12.1 Å². The minimum atomic E-state index is -1.03. The molecule has 0 aliphatic carbocycles. The van der Waals surface area contributed by atoms with E-state index in [-0.39, 0.29) is 13.1 Å². The number of carbonyl (C=O) groups excluding carboxylic acids is 1. The Morgan fingerprint density at radius 2 is 2.09 bits per heavy atom.